The van der Waals surface area contributed by atoms with E-state index in [2.05, 4.69) is 56.3 Å². The van der Waals surface area contributed by atoms with Gasteiger partial charge in [-0.2, -0.15) is 0 Å². The molecular formula is C16H20. The van der Waals surface area contributed by atoms with Crippen LogP contribution in [0.1, 0.15) is 32.3 Å². The molecule has 0 aliphatic rings. The molecule has 0 N–H and O–H groups in total. The van der Waals surface area contributed by atoms with Crippen LogP contribution in [-0.4, -0.2) is 0 Å². The molecule has 0 nitrogen and oxygen atoms in total. The van der Waals surface area contributed by atoms with Crippen molar-refractivity contribution in [3.63, 3.8) is 0 Å². The van der Waals surface area contributed by atoms with Crippen molar-refractivity contribution in [3.05, 3.63) is 48.0 Å². The van der Waals surface area contributed by atoms with E-state index in [-0.39, 0.29) is 0 Å². The second-order valence-electron chi connectivity index (χ2n) is 4.52. The summed E-state index contributed by atoms with van der Waals surface area (Å²) in [5, 5.41) is 2.79. The van der Waals surface area contributed by atoms with Crippen LogP contribution in [0, 0.1) is 5.92 Å². The molecule has 0 radical (unpaired) electrons. The van der Waals surface area contributed by atoms with Gasteiger partial charge in [0.1, 0.15) is 0 Å². The molecule has 0 saturated heterocycles. The van der Waals surface area contributed by atoms with Crippen molar-refractivity contribution < 1.29 is 0 Å². The van der Waals surface area contributed by atoms with E-state index >= 15 is 0 Å². The van der Waals surface area contributed by atoms with Crippen molar-refractivity contribution in [1.82, 2.24) is 0 Å². The Bertz CT molecular complexity index is 447. The summed E-state index contributed by atoms with van der Waals surface area (Å²) in [6.45, 7) is 4.58. The average Bonchev–Trinajstić information content (AvgIpc) is 2.36. The van der Waals surface area contributed by atoms with E-state index in [4.69, 9.17) is 0 Å². The molecule has 0 heterocycles. The van der Waals surface area contributed by atoms with E-state index in [9.17, 15) is 0 Å². The summed E-state index contributed by atoms with van der Waals surface area (Å²) in [4.78, 5) is 0. The van der Waals surface area contributed by atoms with E-state index in [1.54, 1.807) is 0 Å². The lowest BCUT2D eigenvalue weighted by molar-refractivity contribution is 0.492. The molecule has 0 spiro atoms. The number of benzene rings is 2. The molecule has 0 unspecified atom stereocenters. The number of hydrogen-bond acceptors (Lipinski definition) is 0. The van der Waals surface area contributed by atoms with Crippen LogP contribution in [0.3, 0.4) is 0 Å². The predicted octanol–water partition coefficient (Wildman–Crippen LogP) is 4.82. The molecular weight excluding hydrogens is 192 g/mol. The smallest absolute Gasteiger partial charge is 0.0152 e. The molecule has 0 bridgehead atoms. The van der Waals surface area contributed by atoms with Crippen LogP contribution >= 0.6 is 0 Å². The van der Waals surface area contributed by atoms with Gasteiger partial charge in [0.05, 0.1) is 0 Å². The molecule has 2 rings (SSSR count). The van der Waals surface area contributed by atoms with Gasteiger partial charge in [-0.05, 0) is 28.7 Å². The summed E-state index contributed by atoms with van der Waals surface area (Å²) in [5.41, 5.74) is 1.51. The Morgan fingerprint density at radius 1 is 0.875 bits per heavy atom. The van der Waals surface area contributed by atoms with Gasteiger partial charge in [-0.25, -0.2) is 0 Å². The van der Waals surface area contributed by atoms with Crippen molar-refractivity contribution in [2.24, 2.45) is 5.92 Å². The molecule has 0 amide bonds. The molecule has 0 saturated carbocycles. The lowest BCUT2D eigenvalue weighted by Crippen LogP contribution is -2.01. The molecule has 0 atom stereocenters. The minimum Gasteiger partial charge on any atom is -0.0651 e. The first-order valence-electron chi connectivity index (χ1n) is 6.31. The van der Waals surface area contributed by atoms with Crippen molar-refractivity contribution >= 4 is 10.8 Å². The molecule has 0 aliphatic heterocycles. The van der Waals surface area contributed by atoms with Gasteiger partial charge in [0.25, 0.3) is 0 Å². The van der Waals surface area contributed by atoms with Gasteiger partial charge in [-0.1, -0.05) is 69.2 Å². The fourth-order valence-corrected chi connectivity index (χ4v) is 2.36. The SMILES string of the molecule is CCC(CC)Cc1cccc2ccccc12. The minimum absolute atomic E-state index is 0.825. The van der Waals surface area contributed by atoms with Crippen LogP contribution in [0.2, 0.25) is 0 Å². The Labute approximate surface area is 98.3 Å². The van der Waals surface area contributed by atoms with Gasteiger partial charge in [-0.3, -0.25) is 0 Å². The first kappa shape index (κ1) is 11.2. The Morgan fingerprint density at radius 3 is 2.31 bits per heavy atom. The molecule has 0 aromatic heterocycles. The van der Waals surface area contributed by atoms with Gasteiger partial charge < -0.3 is 0 Å². The quantitative estimate of drug-likeness (QED) is 0.681. The minimum atomic E-state index is 0.825. The summed E-state index contributed by atoms with van der Waals surface area (Å²) in [6, 6.07) is 15.4. The normalized spacial score (nSPS) is 11.2. The van der Waals surface area contributed by atoms with Gasteiger partial charge in [0.15, 0.2) is 0 Å². The van der Waals surface area contributed by atoms with Crippen molar-refractivity contribution in [2.75, 3.05) is 0 Å². The van der Waals surface area contributed by atoms with Crippen molar-refractivity contribution in [3.8, 4) is 0 Å². The topological polar surface area (TPSA) is 0 Å². The first-order chi connectivity index (χ1) is 7.85. The van der Waals surface area contributed by atoms with E-state index in [0.29, 0.717) is 0 Å². The van der Waals surface area contributed by atoms with Crippen LogP contribution in [-0.2, 0) is 6.42 Å². The summed E-state index contributed by atoms with van der Waals surface area (Å²) < 4.78 is 0. The molecule has 16 heavy (non-hydrogen) atoms. The lowest BCUT2D eigenvalue weighted by Gasteiger charge is -2.14. The largest absolute Gasteiger partial charge is 0.0651 e. The van der Waals surface area contributed by atoms with Crippen LogP contribution in [0.5, 0.6) is 0 Å². The Balaban J connectivity index is 2.36. The average molecular weight is 212 g/mol. The van der Waals surface area contributed by atoms with Crippen molar-refractivity contribution in [1.29, 1.82) is 0 Å². The Kier molecular flexibility index (Phi) is 3.61. The van der Waals surface area contributed by atoms with Gasteiger partial charge in [0, 0.05) is 0 Å². The zero-order valence-electron chi connectivity index (χ0n) is 10.2. The van der Waals surface area contributed by atoms with Crippen LogP contribution in [0.15, 0.2) is 42.5 Å². The fraction of sp³-hybridized carbons (Fsp3) is 0.375. The second kappa shape index (κ2) is 5.16. The molecule has 0 aliphatic carbocycles. The van der Waals surface area contributed by atoms with E-state index in [0.717, 1.165) is 5.92 Å². The lowest BCUT2D eigenvalue weighted by atomic mass is 9.92. The summed E-state index contributed by atoms with van der Waals surface area (Å²) in [5.74, 6) is 0.825. The zero-order chi connectivity index (χ0) is 11.4. The number of rotatable bonds is 4. The highest BCUT2D eigenvalue weighted by Gasteiger charge is 2.07. The van der Waals surface area contributed by atoms with Crippen LogP contribution < -0.4 is 0 Å². The number of hydrogen-bond donors (Lipinski definition) is 0. The maximum absolute atomic E-state index is 2.29. The summed E-state index contributed by atoms with van der Waals surface area (Å²) >= 11 is 0. The molecule has 84 valence electrons. The van der Waals surface area contributed by atoms with Gasteiger partial charge in [0.2, 0.25) is 0 Å². The highest BCUT2D eigenvalue weighted by molar-refractivity contribution is 5.85. The molecule has 0 fully saturated rings. The van der Waals surface area contributed by atoms with E-state index in [1.807, 2.05) is 0 Å². The molecule has 0 heteroatoms. The first-order valence-corrected chi connectivity index (χ1v) is 6.31. The third-order valence-corrected chi connectivity index (χ3v) is 3.54. The highest BCUT2D eigenvalue weighted by atomic mass is 14.1. The highest BCUT2D eigenvalue weighted by Crippen LogP contribution is 2.23. The summed E-state index contributed by atoms with van der Waals surface area (Å²) in [7, 11) is 0. The Morgan fingerprint density at radius 2 is 1.56 bits per heavy atom. The summed E-state index contributed by atoms with van der Waals surface area (Å²) in [6.07, 6.45) is 3.77. The monoisotopic (exact) mass is 212 g/mol. The zero-order valence-corrected chi connectivity index (χ0v) is 10.2. The number of fused-ring (bicyclic) bond motifs is 1. The third kappa shape index (κ3) is 2.27. The van der Waals surface area contributed by atoms with E-state index in [1.165, 1.54) is 35.6 Å². The fourth-order valence-electron chi connectivity index (χ4n) is 2.36. The maximum atomic E-state index is 2.29. The van der Waals surface area contributed by atoms with Crippen LogP contribution in [0.25, 0.3) is 10.8 Å². The van der Waals surface area contributed by atoms with Crippen molar-refractivity contribution in [2.45, 2.75) is 33.1 Å². The van der Waals surface area contributed by atoms with E-state index < -0.39 is 0 Å². The predicted molar refractivity (Wildman–Crippen MR) is 71.7 cm³/mol. The van der Waals surface area contributed by atoms with Crippen LogP contribution in [0.4, 0.5) is 0 Å². The Hall–Kier alpha value is -1.30. The van der Waals surface area contributed by atoms with Gasteiger partial charge >= 0.3 is 0 Å². The maximum Gasteiger partial charge on any atom is -0.0152 e. The second-order valence-corrected chi connectivity index (χ2v) is 4.52. The third-order valence-electron chi connectivity index (χ3n) is 3.54. The standard InChI is InChI=1S/C16H20/c1-3-13(4-2)12-15-10-7-9-14-8-5-6-11-16(14)15/h5-11,13H,3-4,12H2,1-2H3. The van der Waals surface area contributed by atoms with Gasteiger partial charge in [-0.15, -0.1) is 0 Å². The molecule has 2 aromatic carbocycles. The molecule has 2 aromatic rings.